The molecule has 3 heteroatoms. The summed E-state index contributed by atoms with van der Waals surface area (Å²) in [5.41, 5.74) is 0. The van der Waals surface area contributed by atoms with Crippen LogP contribution in [0.2, 0.25) is 0 Å². The fourth-order valence-electron chi connectivity index (χ4n) is 0. The van der Waals surface area contributed by atoms with E-state index in [1.807, 2.05) is 0 Å². The van der Waals surface area contributed by atoms with E-state index < -0.39 is 0 Å². The van der Waals surface area contributed by atoms with Crippen molar-refractivity contribution < 1.29 is 17.0 Å². The van der Waals surface area contributed by atoms with Crippen LogP contribution in [0.4, 0.5) is 0 Å². The first kappa shape index (κ1) is 11.1. The molecule has 52 valence electrons. The smallest absolute Gasteiger partial charge is 0.0855 e. The maximum Gasteiger partial charge on any atom is 0.0855 e. The van der Waals surface area contributed by atoms with Crippen LogP contribution in [0.15, 0.2) is 0 Å². The second-order valence-electron chi connectivity index (χ2n) is 2.79. The van der Waals surface area contributed by atoms with Crippen molar-refractivity contribution in [3.05, 3.63) is 0 Å². The first-order valence-corrected chi connectivity index (χ1v) is 2.44. The number of halogens is 1. The molecule has 0 rings (SSSR count). The summed E-state index contributed by atoms with van der Waals surface area (Å²) in [6.07, 6.45) is 0. The van der Waals surface area contributed by atoms with Gasteiger partial charge in [-0.25, -0.2) is 0 Å². The van der Waals surface area contributed by atoms with Gasteiger partial charge in [-0.1, -0.05) is 0 Å². The Balaban J connectivity index is 0. The summed E-state index contributed by atoms with van der Waals surface area (Å²) in [6, 6.07) is 0. The molecule has 0 heterocycles. The number of quaternary nitrogens is 1. The Labute approximate surface area is 58.1 Å². The van der Waals surface area contributed by atoms with Crippen molar-refractivity contribution in [2.45, 2.75) is 0 Å². The zero-order valence-electron chi connectivity index (χ0n) is 6.27. The summed E-state index contributed by atoms with van der Waals surface area (Å²) >= 11 is 0. The molecule has 0 unspecified atom stereocenters. The normalized spacial score (nSPS) is 11.2. The van der Waals surface area contributed by atoms with Crippen molar-refractivity contribution >= 4 is 0 Å². The van der Waals surface area contributed by atoms with Gasteiger partial charge in [-0.05, 0) is 0 Å². The molecule has 0 aromatic carbocycles. The average Bonchev–Trinajstić information content (AvgIpc) is 1.31. The van der Waals surface area contributed by atoms with Crippen LogP contribution in [0.3, 0.4) is 0 Å². The second kappa shape index (κ2) is 3.28. The minimum atomic E-state index is 0. The molecule has 0 aromatic rings. The van der Waals surface area contributed by atoms with E-state index in [4.69, 9.17) is 0 Å². The molecular formula is C5H15ClN2. The van der Waals surface area contributed by atoms with Crippen LogP contribution < -0.4 is 12.4 Å². The van der Waals surface area contributed by atoms with Crippen LogP contribution in [-0.4, -0.2) is 44.8 Å². The predicted octanol–water partition coefficient (Wildman–Crippen LogP) is -2.83. The first-order valence-electron chi connectivity index (χ1n) is 2.44. The average molecular weight is 139 g/mol. The molecule has 0 fully saturated rings. The highest BCUT2D eigenvalue weighted by atomic mass is 35.5. The number of rotatable bonds is 1. The number of hydrogen-bond acceptors (Lipinski definition) is 1. The topological polar surface area (TPSA) is 3.24 Å². The van der Waals surface area contributed by atoms with Crippen molar-refractivity contribution in [1.29, 1.82) is 0 Å². The summed E-state index contributed by atoms with van der Waals surface area (Å²) in [7, 11) is 10.5. The zero-order valence-corrected chi connectivity index (χ0v) is 7.03. The SMILES string of the molecule is CN(C)[N+](C)(C)C.[Cl-]. The molecule has 0 aliphatic rings. The lowest BCUT2D eigenvalue weighted by Crippen LogP contribution is -3.00. The van der Waals surface area contributed by atoms with E-state index in [-0.39, 0.29) is 12.4 Å². The van der Waals surface area contributed by atoms with Crippen molar-refractivity contribution in [3.63, 3.8) is 0 Å². The van der Waals surface area contributed by atoms with Gasteiger partial charge in [0.2, 0.25) is 0 Å². The fourth-order valence-corrected chi connectivity index (χ4v) is 0. The molecule has 0 amide bonds. The summed E-state index contributed by atoms with van der Waals surface area (Å²) in [6.45, 7) is 0. The van der Waals surface area contributed by atoms with Gasteiger partial charge in [0.25, 0.3) is 0 Å². The van der Waals surface area contributed by atoms with Gasteiger partial charge in [0, 0.05) is 14.1 Å². The van der Waals surface area contributed by atoms with Gasteiger partial charge in [0.15, 0.2) is 0 Å². The molecule has 2 nitrogen and oxygen atoms in total. The fraction of sp³-hybridized carbons (Fsp3) is 1.00. The third-order valence-corrected chi connectivity index (χ3v) is 1.20. The van der Waals surface area contributed by atoms with Crippen LogP contribution in [0, 0.1) is 0 Å². The Bertz CT molecular complexity index is 55.9. The van der Waals surface area contributed by atoms with Crippen LogP contribution in [0.5, 0.6) is 0 Å². The predicted molar refractivity (Wildman–Crippen MR) is 31.7 cm³/mol. The maximum absolute atomic E-state index is 2.12. The van der Waals surface area contributed by atoms with E-state index >= 15 is 0 Å². The first-order chi connectivity index (χ1) is 2.94. The second-order valence-corrected chi connectivity index (χ2v) is 2.79. The minimum absolute atomic E-state index is 0. The molecule has 0 saturated carbocycles. The largest absolute Gasteiger partial charge is 1.00 e. The summed E-state index contributed by atoms with van der Waals surface area (Å²) < 4.78 is 0.889. The van der Waals surface area contributed by atoms with Crippen LogP contribution >= 0.6 is 0 Å². The van der Waals surface area contributed by atoms with E-state index in [1.165, 1.54) is 0 Å². The molecule has 0 spiro atoms. The van der Waals surface area contributed by atoms with Gasteiger partial charge in [-0.3, -0.25) is 4.59 Å². The van der Waals surface area contributed by atoms with Gasteiger partial charge < -0.3 is 12.4 Å². The van der Waals surface area contributed by atoms with E-state index in [1.54, 1.807) is 0 Å². The Kier molecular flexibility index (Phi) is 4.53. The van der Waals surface area contributed by atoms with E-state index in [0.717, 1.165) is 4.59 Å². The third kappa shape index (κ3) is 4.37. The molecule has 0 aromatic heterocycles. The number of hydrogen-bond donors (Lipinski definition) is 0. The molecule has 0 atom stereocenters. The molecule has 0 bridgehead atoms. The molecule has 0 aliphatic heterocycles. The summed E-state index contributed by atoms with van der Waals surface area (Å²) in [5, 5.41) is 2.12. The highest BCUT2D eigenvalue weighted by molar-refractivity contribution is 4.06. The van der Waals surface area contributed by atoms with Gasteiger partial charge in [-0.2, -0.15) is 5.01 Å². The highest BCUT2D eigenvalue weighted by Crippen LogP contribution is 1.89. The molecule has 0 aliphatic carbocycles. The van der Waals surface area contributed by atoms with E-state index in [9.17, 15) is 0 Å². The van der Waals surface area contributed by atoms with Crippen LogP contribution in [0.1, 0.15) is 0 Å². The van der Waals surface area contributed by atoms with Gasteiger partial charge in [0.05, 0.1) is 21.1 Å². The Morgan fingerprint density at radius 2 is 1.12 bits per heavy atom. The van der Waals surface area contributed by atoms with Crippen molar-refractivity contribution in [3.8, 4) is 0 Å². The zero-order chi connectivity index (χ0) is 6.08. The van der Waals surface area contributed by atoms with Crippen molar-refractivity contribution in [2.24, 2.45) is 0 Å². The van der Waals surface area contributed by atoms with Gasteiger partial charge >= 0.3 is 0 Å². The van der Waals surface area contributed by atoms with Crippen LogP contribution in [0.25, 0.3) is 0 Å². The maximum atomic E-state index is 2.12. The molecule has 0 N–H and O–H groups in total. The summed E-state index contributed by atoms with van der Waals surface area (Å²) in [5.74, 6) is 0. The van der Waals surface area contributed by atoms with Gasteiger partial charge in [0.1, 0.15) is 0 Å². The van der Waals surface area contributed by atoms with E-state index in [0.29, 0.717) is 0 Å². The Morgan fingerprint density at radius 1 is 1.00 bits per heavy atom. The lowest BCUT2D eigenvalue weighted by Gasteiger charge is -2.29. The molecule has 0 saturated heterocycles. The standard InChI is InChI=1S/C5H15N2.ClH/c1-6(2)7(3,4)5;/h1-5H3;1H/q+1;/p-1. The quantitative estimate of drug-likeness (QED) is 0.279. The van der Waals surface area contributed by atoms with Crippen molar-refractivity contribution in [1.82, 2.24) is 5.01 Å². The summed E-state index contributed by atoms with van der Waals surface area (Å²) in [4.78, 5) is 0. The number of nitrogens with zero attached hydrogens (tertiary/aromatic N) is 2. The third-order valence-electron chi connectivity index (χ3n) is 1.20. The monoisotopic (exact) mass is 138 g/mol. The lowest BCUT2D eigenvalue weighted by molar-refractivity contribution is -0.980. The van der Waals surface area contributed by atoms with Crippen molar-refractivity contribution in [2.75, 3.05) is 35.2 Å². The Hall–Kier alpha value is 0.210. The van der Waals surface area contributed by atoms with E-state index in [2.05, 4.69) is 40.2 Å². The molecular weight excluding hydrogens is 124 g/mol. The minimum Gasteiger partial charge on any atom is -1.00 e. The molecule has 0 radical (unpaired) electrons. The lowest BCUT2D eigenvalue weighted by atomic mass is 10.8. The molecule has 8 heavy (non-hydrogen) atoms. The van der Waals surface area contributed by atoms with Crippen LogP contribution in [-0.2, 0) is 0 Å². The highest BCUT2D eigenvalue weighted by Gasteiger charge is 2.07. The Morgan fingerprint density at radius 3 is 1.12 bits per heavy atom. The van der Waals surface area contributed by atoms with Gasteiger partial charge in [-0.15, -0.1) is 0 Å².